The maximum Gasteiger partial charge on any atom is 0.338 e. The van der Waals surface area contributed by atoms with E-state index in [2.05, 4.69) is 9.47 Å². The standard InChI is InChI=1S/C15H28O7Si/c1-15(2,3)23(6,7)22-10(8-11(16)13(18)20-4)9-12(17)14(19)21-5/h8,11-12,16-17H,9H2,1-7H3/b10-8-/t11-,12-/m1/s1. The summed E-state index contributed by atoms with van der Waals surface area (Å²) in [6.07, 6.45) is -2.03. The zero-order valence-corrected chi connectivity index (χ0v) is 15.9. The summed E-state index contributed by atoms with van der Waals surface area (Å²) in [5.74, 6) is -1.51. The van der Waals surface area contributed by atoms with Crippen molar-refractivity contribution in [2.75, 3.05) is 14.2 Å². The van der Waals surface area contributed by atoms with Gasteiger partial charge in [0, 0.05) is 6.42 Å². The average Bonchev–Trinajstić information content (AvgIpc) is 2.43. The van der Waals surface area contributed by atoms with Gasteiger partial charge in [-0.15, -0.1) is 0 Å². The van der Waals surface area contributed by atoms with Crippen LogP contribution < -0.4 is 0 Å². The van der Waals surface area contributed by atoms with Crippen LogP contribution in [-0.2, 0) is 23.5 Å². The highest BCUT2D eigenvalue weighted by Gasteiger charge is 2.40. The Hall–Kier alpha value is -1.38. The normalized spacial score (nSPS) is 15.6. The fourth-order valence-corrected chi connectivity index (χ4v) is 2.51. The minimum absolute atomic E-state index is 0.140. The van der Waals surface area contributed by atoms with Crippen molar-refractivity contribution in [1.29, 1.82) is 0 Å². The Morgan fingerprint density at radius 2 is 1.57 bits per heavy atom. The maximum absolute atomic E-state index is 11.4. The summed E-state index contributed by atoms with van der Waals surface area (Å²) < 4.78 is 14.9. The van der Waals surface area contributed by atoms with Gasteiger partial charge >= 0.3 is 11.9 Å². The molecule has 8 heteroatoms. The summed E-state index contributed by atoms with van der Waals surface area (Å²) in [4.78, 5) is 22.8. The van der Waals surface area contributed by atoms with Gasteiger partial charge in [-0.05, 0) is 24.2 Å². The van der Waals surface area contributed by atoms with Crippen LogP contribution in [0.1, 0.15) is 27.2 Å². The molecule has 0 fully saturated rings. The molecule has 0 aliphatic carbocycles. The van der Waals surface area contributed by atoms with Crippen molar-refractivity contribution in [3.05, 3.63) is 11.8 Å². The summed E-state index contributed by atoms with van der Waals surface area (Å²) in [6, 6.07) is 0. The van der Waals surface area contributed by atoms with E-state index in [9.17, 15) is 19.8 Å². The van der Waals surface area contributed by atoms with Crippen LogP contribution in [0.3, 0.4) is 0 Å². The number of aliphatic hydroxyl groups excluding tert-OH is 2. The maximum atomic E-state index is 11.4. The van der Waals surface area contributed by atoms with Gasteiger partial charge in [0.1, 0.15) is 0 Å². The molecule has 0 radical (unpaired) electrons. The molecule has 0 saturated carbocycles. The number of hydrogen-bond donors (Lipinski definition) is 2. The highest BCUT2D eigenvalue weighted by Crippen LogP contribution is 2.38. The molecule has 0 rings (SSSR count). The molecule has 0 aromatic carbocycles. The molecule has 0 unspecified atom stereocenters. The molecule has 2 atom stereocenters. The molecular formula is C15H28O7Si. The monoisotopic (exact) mass is 348 g/mol. The van der Waals surface area contributed by atoms with E-state index in [-0.39, 0.29) is 17.2 Å². The highest BCUT2D eigenvalue weighted by atomic mass is 28.4. The average molecular weight is 348 g/mol. The van der Waals surface area contributed by atoms with E-state index in [1.54, 1.807) is 0 Å². The number of hydrogen-bond acceptors (Lipinski definition) is 7. The first-order valence-corrected chi connectivity index (χ1v) is 10.2. The quantitative estimate of drug-likeness (QED) is 0.407. The molecule has 7 nitrogen and oxygen atoms in total. The van der Waals surface area contributed by atoms with Gasteiger partial charge in [-0.2, -0.15) is 0 Å². The van der Waals surface area contributed by atoms with E-state index < -0.39 is 32.5 Å². The molecule has 0 aliphatic heterocycles. The summed E-state index contributed by atoms with van der Waals surface area (Å²) >= 11 is 0. The van der Waals surface area contributed by atoms with Gasteiger partial charge in [0.25, 0.3) is 0 Å². The Labute approximate surface area is 138 Å². The van der Waals surface area contributed by atoms with E-state index in [1.165, 1.54) is 0 Å². The first-order valence-electron chi connectivity index (χ1n) is 7.27. The second-order valence-electron chi connectivity index (χ2n) is 6.71. The van der Waals surface area contributed by atoms with E-state index in [0.29, 0.717) is 0 Å². The van der Waals surface area contributed by atoms with Crippen molar-refractivity contribution < 1.29 is 33.7 Å². The van der Waals surface area contributed by atoms with Crippen LogP contribution in [0.25, 0.3) is 0 Å². The predicted molar refractivity (Wildman–Crippen MR) is 87.0 cm³/mol. The van der Waals surface area contributed by atoms with Gasteiger partial charge in [0.2, 0.25) is 8.32 Å². The fraction of sp³-hybridized carbons (Fsp3) is 0.733. The van der Waals surface area contributed by atoms with Gasteiger partial charge in [-0.1, -0.05) is 20.8 Å². The molecule has 0 saturated heterocycles. The van der Waals surface area contributed by atoms with Crippen LogP contribution in [0.2, 0.25) is 18.1 Å². The Morgan fingerprint density at radius 1 is 1.09 bits per heavy atom. The van der Waals surface area contributed by atoms with E-state index >= 15 is 0 Å². The van der Waals surface area contributed by atoms with Crippen LogP contribution in [0.5, 0.6) is 0 Å². The molecule has 0 bridgehead atoms. The van der Waals surface area contributed by atoms with Crippen LogP contribution >= 0.6 is 0 Å². The van der Waals surface area contributed by atoms with Gasteiger partial charge in [-0.3, -0.25) is 0 Å². The van der Waals surface area contributed by atoms with Crippen LogP contribution in [0.4, 0.5) is 0 Å². The van der Waals surface area contributed by atoms with E-state index in [0.717, 1.165) is 20.3 Å². The molecule has 0 heterocycles. The molecule has 134 valence electrons. The smallest absolute Gasteiger partial charge is 0.338 e. The fourth-order valence-electron chi connectivity index (χ4n) is 1.40. The van der Waals surface area contributed by atoms with Crippen molar-refractivity contribution in [2.24, 2.45) is 0 Å². The lowest BCUT2D eigenvalue weighted by Crippen LogP contribution is -2.41. The third kappa shape index (κ3) is 6.72. The minimum atomic E-state index is -2.29. The summed E-state index contributed by atoms with van der Waals surface area (Å²) in [7, 11) is 0.0232. The summed E-state index contributed by atoms with van der Waals surface area (Å²) in [5.41, 5.74) is 0. The van der Waals surface area contributed by atoms with Crippen molar-refractivity contribution in [3.8, 4) is 0 Å². The number of rotatable bonds is 7. The second kappa shape index (κ2) is 8.46. The first-order chi connectivity index (χ1) is 10.4. The lowest BCUT2D eigenvalue weighted by molar-refractivity contribution is -0.150. The predicted octanol–water partition coefficient (Wildman–Crippen LogP) is 1.35. The number of aliphatic hydroxyl groups is 2. The van der Waals surface area contributed by atoms with Gasteiger partial charge < -0.3 is 24.1 Å². The van der Waals surface area contributed by atoms with Crippen molar-refractivity contribution in [1.82, 2.24) is 0 Å². The Bertz CT molecular complexity index is 451. The molecule has 0 aliphatic rings. The van der Waals surface area contributed by atoms with E-state index in [4.69, 9.17) is 4.43 Å². The SMILES string of the molecule is COC(=O)[C@H](O)/C=C(/C[C@@H](O)C(=O)OC)O[Si](C)(C)C(C)(C)C. The third-order valence-electron chi connectivity index (χ3n) is 3.85. The number of carbonyl (C=O) groups excluding carboxylic acids is 2. The molecule has 0 aromatic heterocycles. The molecule has 0 spiro atoms. The number of esters is 2. The summed E-state index contributed by atoms with van der Waals surface area (Å²) in [5, 5.41) is 19.5. The zero-order chi connectivity index (χ0) is 18.4. The van der Waals surface area contributed by atoms with Crippen LogP contribution in [0.15, 0.2) is 11.8 Å². The largest absolute Gasteiger partial charge is 0.547 e. The number of methoxy groups -OCH3 is 2. The van der Waals surface area contributed by atoms with Gasteiger partial charge in [-0.25, -0.2) is 9.59 Å². The summed E-state index contributed by atoms with van der Waals surface area (Å²) in [6.45, 7) is 9.99. The van der Waals surface area contributed by atoms with Gasteiger partial charge in [0.05, 0.1) is 20.0 Å². The Balaban J connectivity index is 5.43. The number of carbonyl (C=O) groups is 2. The molecule has 0 aromatic rings. The van der Waals surface area contributed by atoms with Crippen LogP contribution in [-0.4, -0.2) is 56.9 Å². The first kappa shape index (κ1) is 21.6. The van der Waals surface area contributed by atoms with Crippen LogP contribution in [0, 0.1) is 0 Å². The van der Waals surface area contributed by atoms with Crippen molar-refractivity contribution in [3.63, 3.8) is 0 Å². The highest BCUT2D eigenvalue weighted by molar-refractivity contribution is 6.74. The van der Waals surface area contributed by atoms with E-state index in [1.807, 2.05) is 33.9 Å². The zero-order valence-electron chi connectivity index (χ0n) is 14.9. The van der Waals surface area contributed by atoms with Crippen molar-refractivity contribution in [2.45, 2.75) is 57.5 Å². The van der Waals surface area contributed by atoms with Gasteiger partial charge in [0.15, 0.2) is 12.2 Å². The lowest BCUT2D eigenvalue weighted by Gasteiger charge is -2.37. The van der Waals surface area contributed by atoms with Crippen molar-refractivity contribution >= 4 is 20.3 Å². The lowest BCUT2D eigenvalue weighted by atomic mass is 10.2. The molecule has 0 amide bonds. The topological polar surface area (TPSA) is 102 Å². The molecule has 2 N–H and O–H groups in total. The number of ether oxygens (including phenoxy) is 2. The Morgan fingerprint density at radius 3 is 1.96 bits per heavy atom. The molecule has 23 heavy (non-hydrogen) atoms. The third-order valence-corrected chi connectivity index (χ3v) is 8.23. The Kier molecular flexibility index (Phi) is 7.95. The molecular weight excluding hydrogens is 320 g/mol. The second-order valence-corrected chi connectivity index (χ2v) is 11.4. The minimum Gasteiger partial charge on any atom is -0.547 e.